The fourth-order valence-electron chi connectivity index (χ4n) is 2.90. The Morgan fingerprint density at radius 1 is 1.35 bits per heavy atom. The van der Waals surface area contributed by atoms with Gasteiger partial charge in [0.15, 0.2) is 0 Å². The van der Waals surface area contributed by atoms with Gasteiger partial charge in [0.1, 0.15) is 0 Å². The smallest absolute Gasteiger partial charge is 0.307 e. The van der Waals surface area contributed by atoms with Gasteiger partial charge in [-0.05, 0) is 19.3 Å². The second-order valence-electron chi connectivity index (χ2n) is 5.45. The lowest BCUT2D eigenvalue weighted by Gasteiger charge is -2.36. The van der Waals surface area contributed by atoms with Crippen LogP contribution in [0.1, 0.15) is 32.1 Å². The zero-order chi connectivity index (χ0) is 14.4. The fraction of sp³-hybridized carbons (Fsp3) is 0.857. The lowest BCUT2D eigenvalue weighted by atomic mass is 9.98. The Labute approximate surface area is 119 Å². The van der Waals surface area contributed by atoms with Gasteiger partial charge >= 0.3 is 5.97 Å². The van der Waals surface area contributed by atoms with Crippen molar-refractivity contribution in [1.82, 2.24) is 10.2 Å². The van der Waals surface area contributed by atoms with E-state index >= 15 is 0 Å². The maximum atomic E-state index is 12.4. The topological polar surface area (TPSA) is 67.9 Å². The zero-order valence-electron chi connectivity index (χ0n) is 12.1. The van der Waals surface area contributed by atoms with E-state index in [0.717, 1.165) is 32.4 Å². The van der Waals surface area contributed by atoms with E-state index in [1.165, 1.54) is 7.11 Å². The molecule has 2 aliphatic rings. The second kappa shape index (κ2) is 7.59. The number of nitrogens with zero attached hydrogens (tertiary/aromatic N) is 1. The third-order valence-electron chi connectivity index (χ3n) is 4.00. The van der Waals surface area contributed by atoms with Gasteiger partial charge in [-0.3, -0.25) is 9.59 Å². The van der Waals surface area contributed by atoms with E-state index < -0.39 is 0 Å². The molecule has 2 fully saturated rings. The van der Waals surface area contributed by atoms with Crippen molar-refractivity contribution in [3.8, 4) is 0 Å². The Morgan fingerprint density at radius 3 is 2.90 bits per heavy atom. The van der Waals surface area contributed by atoms with Crippen LogP contribution in [-0.4, -0.2) is 62.3 Å². The third kappa shape index (κ3) is 4.18. The van der Waals surface area contributed by atoms with Gasteiger partial charge in [-0.15, -0.1) is 0 Å². The molecule has 2 unspecified atom stereocenters. The van der Waals surface area contributed by atoms with Crippen molar-refractivity contribution in [1.29, 1.82) is 0 Å². The summed E-state index contributed by atoms with van der Waals surface area (Å²) in [6, 6.07) is 0.0881. The molecule has 2 heterocycles. The molecule has 6 nitrogen and oxygen atoms in total. The van der Waals surface area contributed by atoms with Crippen LogP contribution in [0.25, 0.3) is 0 Å². The number of hydrogen-bond acceptors (Lipinski definition) is 5. The van der Waals surface area contributed by atoms with Crippen molar-refractivity contribution in [3.63, 3.8) is 0 Å². The van der Waals surface area contributed by atoms with Crippen LogP contribution in [-0.2, 0) is 19.1 Å². The van der Waals surface area contributed by atoms with Gasteiger partial charge in [-0.1, -0.05) is 0 Å². The van der Waals surface area contributed by atoms with Crippen molar-refractivity contribution in [2.45, 2.75) is 44.2 Å². The van der Waals surface area contributed by atoms with Gasteiger partial charge in [0.25, 0.3) is 0 Å². The molecule has 1 amide bonds. The molecule has 2 atom stereocenters. The second-order valence-corrected chi connectivity index (χ2v) is 5.45. The number of amides is 1. The number of nitrogens with one attached hydrogen (secondary N) is 1. The summed E-state index contributed by atoms with van der Waals surface area (Å²) in [5, 5.41) is 3.29. The van der Waals surface area contributed by atoms with Crippen LogP contribution in [0, 0.1) is 0 Å². The first-order valence-electron chi connectivity index (χ1n) is 7.38. The molecular weight excluding hydrogens is 260 g/mol. The molecule has 114 valence electrons. The molecule has 20 heavy (non-hydrogen) atoms. The molecule has 2 aliphatic heterocycles. The first kappa shape index (κ1) is 15.3. The van der Waals surface area contributed by atoms with Crippen molar-refractivity contribution < 1.29 is 19.1 Å². The highest BCUT2D eigenvalue weighted by molar-refractivity contribution is 5.78. The number of esters is 1. The number of morpholine rings is 1. The molecule has 0 bridgehead atoms. The molecule has 2 saturated heterocycles. The van der Waals surface area contributed by atoms with Crippen molar-refractivity contribution >= 4 is 11.9 Å². The predicted molar refractivity (Wildman–Crippen MR) is 73.2 cm³/mol. The number of ether oxygens (including phenoxy) is 2. The van der Waals surface area contributed by atoms with Gasteiger partial charge in [-0.25, -0.2) is 0 Å². The van der Waals surface area contributed by atoms with E-state index in [2.05, 4.69) is 5.32 Å². The third-order valence-corrected chi connectivity index (χ3v) is 4.00. The van der Waals surface area contributed by atoms with Crippen molar-refractivity contribution in [2.75, 3.05) is 33.4 Å². The molecule has 0 radical (unpaired) electrons. The van der Waals surface area contributed by atoms with Crippen LogP contribution >= 0.6 is 0 Å². The van der Waals surface area contributed by atoms with Crippen molar-refractivity contribution in [3.05, 3.63) is 0 Å². The first-order valence-corrected chi connectivity index (χ1v) is 7.38. The van der Waals surface area contributed by atoms with Crippen LogP contribution in [0.15, 0.2) is 0 Å². The van der Waals surface area contributed by atoms with Crippen LogP contribution in [0.2, 0.25) is 0 Å². The molecule has 0 aromatic rings. The predicted octanol–water partition coefficient (Wildman–Crippen LogP) is 0.309. The minimum absolute atomic E-state index is 0.00629. The maximum Gasteiger partial charge on any atom is 0.307 e. The van der Waals surface area contributed by atoms with Crippen LogP contribution in [0.3, 0.4) is 0 Å². The number of piperidine rings is 1. The Balaban J connectivity index is 1.88. The number of carbonyl (C=O) groups is 2. The van der Waals surface area contributed by atoms with E-state index in [0.29, 0.717) is 26.1 Å². The maximum absolute atomic E-state index is 12.4. The van der Waals surface area contributed by atoms with Crippen LogP contribution in [0.5, 0.6) is 0 Å². The highest BCUT2D eigenvalue weighted by Gasteiger charge is 2.30. The molecule has 0 aromatic heterocycles. The number of methoxy groups -OCH3 is 1. The highest BCUT2D eigenvalue weighted by atomic mass is 16.5. The Hall–Kier alpha value is -1.14. The summed E-state index contributed by atoms with van der Waals surface area (Å²) in [5.41, 5.74) is 0. The van der Waals surface area contributed by atoms with Gasteiger partial charge in [0, 0.05) is 31.6 Å². The number of carbonyl (C=O) groups excluding carboxylic acids is 2. The largest absolute Gasteiger partial charge is 0.469 e. The number of likely N-dealkylation sites (tertiary alicyclic amines) is 1. The normalized spacial score (nSPS) is 27.1. The SMILES string of the molecule is COC(=O)CC1CCCCN1C(=O)CC1COCCN1. The standard InChI is InChI=1S/C14H24N2O4/c1-19-14(18)9-12-4-2-3-6-16(12)13(17)8-11-10-20-7-5-15-11/h11-12,15H,2-10H2,1H3. The molecule has 0 aliphatic carbocycles. The van der Waals surface area contributed by atoms with E-state index in [-0.39, 0.29) is 24.0 Å². The number of hydrogen-bond donors (Lipinski definition) is 1. The van der Waals surface area contributed by atoms with Gasteiger partial charge in [0.2, 0.25) is 5.91 Å². The van der Waals surface area contributed by atoms with Gasteiger partial charge in [0.05, 0.1) is 26.7 Å². The summed E-state index contributed by atoms with van der Waals surface area (Å²) < 4.78 is 10.1. The summed E-state index contributed by atoms with van der Waals surface area (Å²) in [6.45, 7) is 2.83. The Bertz CT molecular complexity index is 342. The van der Waals surface area contributed by atoms with Crippen molar-refractivity contribution in [2.24, 2.45) is 0 Å². The first-order chi connectivity index (χ1) is 9.70. The van der Waals surface area contributed by atoms with E-state index in [1.807, 2.05) is 4.90 Å². The minimum atomic E-state index is -0.242. The summed E-state index contributed by atoms with van der Waals surface area (Å²) >= 11 is 0. The van der Waals surface area contributed by atoms with Crippen LogP contribution < -0.4 is 5.32 Å². The molecule has 1 N–H and O–H groups in total. The summed E-state index contributed by atoms with van der Waals surface area (Å²) in [5.74, 6) is -0.129. The molecule has 6 heteroatoms. The lowest BCUT2D eigenvalue weighted by molar-refractivity contribution is -0.145. The molecule has 0 aromatic carbocycles. The van der Waals surface area contributed by atoms with E-state index in [1.54, 1.807) is 0 Å². The zero-order valence-corrected chi connectivity index (χ0v) is 12.1. The molecular formula is C14H24N2O4. The minimum Gasteiger partial charge on any atom is -0.469 e. The van der Waals surface area contributed by atoms with Gasteiger partial charge < -0.3 is 19.7 Å². The summed E-state index contributed by atoms with van der Waals surface area (Å²) in [4.78, 5) is 25.7. The summed E-state index contributed by atoms with van der Waals surface area (Å²) in [6.07, 6.45) is 3.71. The Morgan fingerprint density at radius 2 is 2.20 bits per heavy atom. The monoisotopic (exact) mass is 284 g/mol. The van der Waals surface area contributed by atoms with Gasteiger partial charge in [-0.2, -0.15) is 0 Å². The van der Waals surface area contributed by atoms with E-state index in [9.17, 15) is 9.59 Å². The van der Waals surface area contributed by atoms with Crippen LogP contribution in [0.4, 0.5) is 0 Å². The highest BCUT2D eigenvalue weighted by Crippen LogP contribution is 2.21. The quantitative estimate of drug-likeness (QED) is 0.753. The summed E-state index contributed by atoms with van der Waals surface area (Å²) in [7, 11) is 1.39. The number of rotatable bonds is 4. The average Bonchev–Trinajstić information content (AvgIpc) is 2.48. The molecule has 0 saturated carbocycles. The lowest BCUT2D eigenvalue weighted by Crippen LogP contribution is -2.49. The van der Waals surface area contributed by atoms with E-state index in [4.69, 9.17) is 9.47 Å². The molecule has 2 rings (SSSR count). The fourth-order valence-corrected chi connectivity index (χ4v) is 2.90. The molecule has 0 spiro atoms. The average molecular weight is 284 g/mol. The Kier molecular flexibility index (Phi) is 5.79.